The SMILES string of the molecule is Cc1ccc(-c2[c-]cccc2)nc1.Cc1ncc(-c2ccnc(-c3[c-]cccc3)c2)cn1.Cc1nccc(-c2ccnc(-c3[c-]cccc3)c2)n1.[2H]C([2H])([2H])c1nc(C)nc(-c2ccnc(-c3[c-]cccc3)c2)n1.[Ir+3].[Ir+3].[Ir].[Ir].[c-]1ccccc1-c1ccc(-c2ccccc2)cn1.[c-]1ccccc1-c1ccccn1.[c-]1ccccc1C1C=CC=C[N-]1.[c-]1ccccc1C1C=CC=C[N-]1. The van der Waals surface area contributed by atoms with Crippen LogP contribution in [0, 0.1) is 83.1 Å². The molecule has 640 valence electrons. The normalized spacial score (nSPS) is 12.3. The predicted molar refractivity (Wildman–Crippen MR) is 500 cm³/mol. The van der Waals surface area contributed by atoms with Crippen molar-refractivity contribution < 1.29 is 84.5 Å². The first kappa shape index (κ1) is 94.3. The van der Waals surface area contributed by atoms with Crippen LogP contribution in [0.1, 0.15) is 56.2 Å². The quantitative estimate of drug-likeness (QED) is 0.105. The maximum absolute atomic E-state index is 7.47. The summed E-state index contributed by atoms with van der Waals surface area (Å²) >= 11 is 0. The first-order valence-corrected chi connectivity index (χ1v) is 40.2. The summed E-state index contributed by atoms with van der Waals surface area (Å²) in [6.45, 7) is 5.07. The third-order valence-corrected chi connectivity index (χ3v) is 18.4. The van der Waals surface area contributed by atoms with E-state index < -0.39 is 6.85 Å². The molecule has 2 aliphatic heterocycles. The second-order valence-electron chi connectivity index (χ2n) is 27.5. The topological polar surface area (TPSA) is 196 Å². The first-order chi connectivity index (χ1) is 62.8. The molecular formula is C110H85Ir4N15-4. The molecule has 0 fully saturated rings. The smallest absolute Gasteiger partial charge is 0.683 e. The number of hydrogen-bond acceptors (Lipinski definition) is 13. The molecule has 20 rings (SSSR count). The molecule has 15 nitrogen and oxygen atoms in total. The fourth-order valence-corrected chi connectivity index (χ4v) is 12.2. The minimum atomic E-state index is -2.37. The Morgan fingerprint density at radius 2 is 0.667 bits per heavy atom. The number of allylic oxidation sites excluding steroid dienone is 4. The monoisotopic (exact) mass is 2390 g/mol. The molecule has 129 heavy (non-hydrogen) atoms. The summed E-state index contributed by atoms with van der Waals surface area (Å²) in [4.78, 5) is 55.3. The van der Waals surface area contributed by atoms with Crippen molar-refractivity contribution in [3.8, 4) is 112 Å². The standard InChI is InChI=1S/C17H12N.C16H13N4.2C16H12N3.C12H10N.2C11H9N.C11H8N.4Ir/c1-3-7-14(8-4-1)16-11-12-17(18-13-16)15-9-5-2-6-10-15;1-11-18-12(2)20-16(19-11)14-8-9-17-15(10-14)13-6-4-3-5-7-13;1-12-17-10-8-15(19-12)14-7-9-18-16(11-14)13-5-3-2-4-6-13;1-12-18-10-15(11-19-12)14-7-8-17-16(9-14)13-5-3-2-4-6-13;1-10-7-8-12(13-9-10)11-5-3-2-4-6-11;3*1-2-6-10(7-3-1)11-8-4-5-9-12-11;;;;/h1-9,11-13H;3-6,8-10H,1-2H3;2*2-5,7-11H,1H3;2-5,7-9H,1H3;2*1-6,8-9,11H;1-6,8-9H;;;;/q5*-1;2*-2;-1;;;2*+3/i;1D3;;;;;;;;;;. The minimum absolute atomic E-state index is 0. The Kier molecular flexibility index (Phi) is 39.7. The summed E-state index contributed by atoms with van der Waals surface area (Å²) in [5.74, 6) is 2.02. The first-order valence-electron chi connectivity index (χ1n) is 41.7. The molecule has 0 bridgehead atoms. The maximum Gasteiger partial charge on any atom is 3.00 e. The Morgan fingerprint density at radius 3 is 1.09 bits per heavy atom. The molecule has 0 amide bonds. The summed E-state index contributed by atoms with van der Waals surface area (Å²) < 4.78 is 22.4. The molecule has 2 aliphatic rings. The van der Waals surface area contributed by atoms with Gasteiger partial charge in [0.1, 0.15) is 23.3 Å². The zero-order chi connectivity index (χ0) is 88.6. The van der Waals surface area contributed by atoms with Crippen molar-refractivity contribution in [2.24, 2.45) is 0 Å². The fraction of sp³-hybridized carbons (Fsp3) is 0.0636. The van der Waals surface area contributed by atoms with E-state index in [1.165, 1.54) is 11.1 Å². The molecule has 9 aromatic heterocycles. The van der Waals surface area contributed by atoms with Gasteiger partial charge in [0.15, 0.2) is 5.82 Å². The molecule has 9 aromatic carbocycles. The van der Waals surface area contributed by atoms with Crippen LogP contribution < -0.4 is 0 Å². The molecule has 0 saturated heterocycles. The third-order valence-electron chi connectivity index (χ3n) is 18.4. The molecule has 18 aromatic rings. The van der Waals surface area contributed by atoms with Crippen LogP contribution in [0.3, 0.4) is 0 Å². The molecule has 0 saturated carbocycles. The van der Waals surface area contributed by atoms with Crippen molar-refractivity contribution >= 4 is 0 Å². The van der Waals surface area contributed by atoms with Gasteiger partial charge in [-0.15, -0.1) is 215 Å². The van der Waals surface area contributed by atoms with Gasteiger partial charge in [0.2, 0.25) is 0 Å². The van der Waals surface area contributed by atoms with Crippen LogP contribution in [0.25, 0.3) is 123 Å². The van der Waals surface area contributed by atoms with Crippen LogP contribution >= 0.6 is 0 Å². The minimum Gasteiger partial charge on any atom is -0.683 e. The van der Waals surface area contributed by atoms with Gasteiger partial charge in [-0.1, -0.05) is 133 Å². The van der Waals surface area contributed by atoms with Crippen LogP contribution in [0.2, 0.25) is 0 Å². The van der Waals surface area contributed by atoms with Gasteiger partial charge in [0.25, 0.3) is 0 Å². The van der Waals surface area contributed by atoms with E-state index in [2.05, 4.69) is 160 Å². The number of hydrogen-bond donors (Lipinski definition) is 0. The van der Waals surface area contributed by atoms with Gasteiger partial charge in [-0.05, 0) is 127 Å². The van der Waals surface area contributed by atoms with Gasteiger partial charge < -0.3 is 40.5 Å². The van der Waals surface area contributed by atoms with Crippen molar-refractivity contribution in [3.63, 3.8) is 0 Å². The molecule has 2 radical (unpaired) electrons. The van der Waals surface area contributed by atoms with E-state index in [4.69, 9.17) is 4.11 Å². The summed E-state index contributed by atoms with van der Waals surface area (Å²) in [6, 6.07) is 126. The van der Waals surface area contributed by atoms with Crippen molar-refractivity contribution in [3.05, 3.63) is 513 Å². The summed E-state index contributed by atoms with van der Waals surface area (Å²) in [6.07, 6.45) is 31.9. The van der Waals surface area contributed by atoms with Crippen LogP contribution in [0.15, 0.2) is 414 Å². The van der Waals surface area contributed by atoms with Gasteiger partial charge in [-0.3, -0.25) is 0 Å². The fourth-order valence-electron chi connectivity index (χ4n) is 12.2. The Bertz CT molecular complexity index is 6340. The van der Waals surface area contributed by atoms with Gasteiger partial charge in [-0.25, -0.2) is 34.9 Å². The maximum atomic E-state index is 7.47. The van der Waals surface area contributed by atoms with E-state index in [1.54, 1.807) is 44.0 Å². The van der Waals surface area contributed by atoms with Gasteiger partial charge in [0, 0.05) is 111 Å². The average molecular weight is 2390 g/mol. The Balaban J connectivity index is 0.000000171. The van der Waals surface area contributed by atoms with Crippen LogP contribution in [0.4, 0.5) is 0 Å². The zero-order valence-corrected chi connectivity index (χ0v) is 80.0. The van der Waals surface area contributed by atoms with E-state index in [0.717, 1.165) is 118 Å². The average Bonchev–Trinajstić information content (AvgIpc) is 0.804. The van der Waals surface area contributed by atoms with Crippen LogP contribution in [-0.4, -0.2) is 64.8 Å². The van der Waals surface area contributed by atoms with Gasteiger partial charge in [0.05, 0.1) is 5.69 Å². The van der Waals surface area contributed by atoms with E-state index in [1.807, 2.05) is 361 Å². The summed E-state index contributed by atoms with van der Waals surface area (Å²) in [7, 11) is 0. The van der Waals surface area contributed by atoms with Crippen molar-refractivity contribution in [1.29, 1.82) is 0 Å². The molecule has 0 N–H and O–H groups in total. The third kappa shape index (κ3) is 31.9. The second-order valence-corrected chi connectivity index (χ2v) is 27.5. The van der Waals surface area contributed by atoms with E-state index in [0.29, 0.717) is 17.2 Å². The van der Waals surface area contributed by atoms with Gasteiger partial charge in [-0.2, -0.15) is 84.2 Å². The number of nitrogens with zero attached hydrogens (tertiary/aromatic N) is 15. The zero-order valence-electron chi connectivity index (χ0n) is 73.5. The Labute approximate surface area is 814 Å². The molecule has 0 aliphatic carbocycles. The number of pyridine rings is 6. The summed E-state index contributed by atoms with van der Waals surface area (Å²) in [5, 5.41) is 8.60. The number of aromatic nitrogens is 13. The van der Waals surface area contributed by atoms with E-state index in [-0.39, 0.29) is 98.3 Å². The number of aryl methyl sites for hydroxylation is 5. The van der Waals surface area contributed by atoms with Crippen LogP contribution in [-0.2, 0) is 80.4 Å². The molecule has 2 atom stereocenters. The predicted octanol–water partition coefficient (Wildman–Crippen LogP) is 25.2. The molecule has 0 spiro atoms. The molecule has 11 heterocycles. The van der Waals surface area contributed by atoms with Crippen molar-refractivity contribution in [1.82, 2.24) is 64.8 Å². The molecule has 2 unspecified atom stereocenters. The molecule has 19 heteroatoms. The van der Waals surface area contributed by atoms with Crippen molar-refractivity contribution in [2.45, 2.75) is 46.6 Å². The van der Waals surface area contributed by atoms with E-state index in [9.17, 15) is 0 Å². The Hall–Kier alpha value is -13.8. The largest absolute Gasteiger partial charge is 3.00 e. The number of rotatable bonds is 12. The summed E-state index contributed by atoms with van der Waals surface area (Å²) in [5.41, 5.74) is 21.8. The second kappa shape index (κ2) is 54.3. The van der Waals surface area contributed by atoms with Crippen LogP contribution in [0.5, 0.6) is 0 Å². The molecular weight excluding hydrogens is 2300 g/mol. The number of benzene rings is 9. The van der Waals surface area contributed by atoms with E-state index >= 15 is 0 Å². The Morgan fingerprint density at radius 1 is 0.264 bits per heavy atom. The van der Waals surface area contributed by atoms with Gasteiger partial charge >= 0.3 is 40.2 Å². The van der Waals surface area contributed by atoms with Crippen molar-refractivity contribution in [2.75, 3.05) is 0 Å².